The third kappa shape index (κ3) is 1.62. The number of rotatable bonds is 1. The Morgan fingerprint density at radius 3 is 2.00 bits per heavy atom. The Morgan fingerprint density at radius 2 is 1.67 bits per heavy atom. The van der Waals surface area contributed by atoms with Crippen molar-refractivity contribution in [2.24, 2.45) is 23.2 Å². The van der Waals surface area contributed by atoms with Crippen molar-refractivity contribution in [2.45, 2.75) is 20.8 Å². The minimum absolute atomic E-state index is 0.126. The molecule has 4 nitrogen and oxygen atoms in total. The number of ketones is 1. The van der Waals surface area contributed by atoms with Crippen LogP contribution in [0.15, 0.2) is 0 Å². The van der Waals surface area contributed by atoms with Gasteiger partial charge in [0.15, 0.2) is 0 Å². The Hall–Kier alpha value is -1.06. The summed E-state index contributed by atoms with van der Waals surface area (Å²) in [6, 6.07) is 0. The topological polar surface area (TPSA) is 57.6 Å². The van der Waals surface area contributed by atoms with E-state index in [0.717, 1.165) is 0 Å². The highest BCUT2D eigenvalue weighted by atomic mass is 16.4. The van der Waals surface area contributed by atoms with Crippen LogP contribution in [-0.2, 0) is 4.79 Å². The summed E-state index contributed by atoms with van der Waals surface area (Å²) in [6.07, 6.45) is -0.857. The molecular formula is C11H17NO3. The molecule has 0 spiro atoms. The third-order valence-corrected chi connectivity index (χ3v) is 3.51. The highest BCUT2D eigenvalue weighted by molar-refractivity contribution is 5.89. The van der Waals surface area contributed by atoms with Crippen molar-refractivity contribution in [1.82, 2.24) is 4.90 Å². The van der Waals surface area contributed by atoms with E-state index >= 15 is 0 Å². The Kier molecular flexibility index (Phi) is 2.07. The molecule has 15 heavy (non-hydrogen) atoms. The predicted molar refractivity (Wildman–Crippen MR) is 54.5 cm³/mol. The largest absolute Gasteiger partial charge is 0.465 e. The maximum atomic E-state index is 12.0. The standard InChI is InChI=1S/C11H17NO3/c1-11(2,3)9(13)8-6-4-12(10(14)15)5-7(6)8/h6-8H,4-5H2,1-3H3,(H,14,15)/t6-,7+,8?. The van der Waals surface area contributed by atoms with Crippen molar-refractivity contribution in [3.8, 4) is 0 Å². The lowest BCUT2D eigenvalue weighted by Crippen LogP contribution is -2.33. The van der Waals surface area contributed by atoms with Crippen LogP contribution in [0.4, 0.5) is 4.79 Å². The molecule has 84 valence electrons. The van der Waals surface area contributed by atoms with Crippen LogP contribution >= 0.6 is 0 Å². The van der Waals surface area contributed by atoms with Gasteiger partial charge in [-0.25, -0.2) is 4.79 Å². The minimum atomic E-state index is -0.857. The van der Waals surface area contributed by atoms with Crippen molar-refractivity contribution in [2.75, 3.05) is 13.1 Å². The maximum Gasteiger partial charge on any atom is 0.407 e. The lowest BCUT2D eigenvalue weighted by atomic mass is 9.86. The quantitative estimate of drug-likeness (QED) is 0.714. The maximum absolute atomic E-state index is 12.0. The summed E-state index contributed by atoms with van der Waals surface area (Å²) in [4.78, 5) is 24.1. The van der Waals surface area contributed by atoms with E-state index in [2.05, 4.69) is 0 Å². The summed E-state index contributed by atoms with van der Waals surface area (Å²) in [7, 11) is 0. The molecule has 1 N–H and O–H groups in total. The van der Waals surface area contributed by atoms with E-state index in [1.165, 1.54) is 4.90 Å². The van der Waals surface area contributed by atoms with Gasteiger partial charge in [-0.15, -0.1) is 0 Å². The number of likely N-dealkylation sites (tertiary alicyclic amines) is 1. The molecule has 1 heterocycles. The predicted octanol–water partition coefficient (Wildman–Crippen LogP) is 1.46. The average molecular weight is 211 g/mol. The van der Waals surface area contributed by atoms with Crippen LogP contribution in [-0.4, -0.2) is 35.0 Å². The van der Waals surface area contributed by atoms with Crippen molar-refractivity contribution >= 4 is 11.9 Å². The summed E-state index contributed by atoms with van der Waals surface area (Å²) in [5, 5.41) is 8.78. The molecule has 3 atom stereocenters. The first-order valence-corrected chi connectivity index (χ1v) is 5.34. The number of carbonyl (C=O) groups excluding carboxylic acids is 1. The summed E-state index contributed by atoms with van der Waals surface area (Å²) < 4.78 is 0. The van der Waals surface area contributed by atoms with Gasteiger partial charge in [-0.1, -0.05) is 20.8 Å². The van der Waals surface area contributed by atoms with Crippen LogP contribution in [0.25, 0.3) is 0 Å². The highest BCUT2D eigenvalue weighted by Crippen LogP contribution is 2.54. The second-order valence-corrected chi connectivity index (χ2v) is 5.66. The van der Waals surface area contributed by atoms with Crippen molar-refractivity contribution < 1.29 is 14.7 Å². The Balaban J connectivity index is 1.95. The van der Waals surface area contributed by atoms with Crippen LogP contribution < -0.4 is 0 Å². The first-order chi connectivity index (χ1) is 6.82. The van der Waals surface area contributed by atoms with Gasteiger partial charge < -0.3 is 10.0 Å². The van der Waals surface area contributed by atoms with Gasteiger partial charge in [0, 0.05) is 24.4 Å². The molecule has 1 aliphatic heterocycles. The van der Waals surface area contributed by atoms with Crippen molar-refractivity contribution in [1.29, 1.82) is 0 Å². The van der Waals surface area contributed by atoms with E-state index in [1.807, 2.05) is 20.8 Å². The van der Waals surface area contributed by atoms with Crippen molar-refractivity contribution in [3.63, 3.8) is 0 Å². The van der Waals surface area contributed by atoms with E-state index in [4.69, 9.17) is 5.11 Å². The summed E-state index contributed by atoms with van der Waals surface area (Å²) in [5.74, 6) is 1.02. The zero-order valence-electron chi connectivity index (χ0n) is 9.36. The lowest BCUT2D eigenvalue weighted by molar-refractivity contribution is -0.128. The van der Waals surface area contributed by atoms with Gasteiger partial charge in [0.2, 0.25) is 0 Å². The number of carbonyl (C=O) groups is 2. The normalized spacial score (nSPS) is 33.8. The van der Waals surface area contributed by atoms with E-state index < -0.39 is 6.09 Å². The number of amides is 1. The molecule has 0 aromatic rings. The van der Waals surface area contributed by atoms with Crippen LogP contribution in [0.2, 0.25) is 0 Å². The van der Waals surface area contributed by atoms with Crippen LogP contribution in [0.1, 0.15) is 20.8 Å². The van der Waals surface area contributed by atoms with Crippen LogP contribution in [0, 0.1) is 23.2 Å². The molecule has 1 saturated heterocycles. The van der Waals surface area contributed by atoms with E-state index in [1.54, 1.807) is 0 Å². The SMILES string of the molecule is CC(C)(C)C(=O)C1[C@H]2CN(C(=O)O)C[C@@H]12. The molecular weight excluding hydrogens is 194 g/mol. The number of nitrogens with zero attached hydrogens (tertiary/aromatic N) is 1. The first kappa shape index (κ1) is 10.5. The number of piperidine rings is 1. The number of carboxylic acid groups (broad SMARTS) is 1. The van der Waals surface area contributed by atoms with Gasteiger partial charge in [0.1, 0.15) is 5.78 Å². The van der Waals surface area contributed by atoms with E-state index in [-0.39, 0.29) is 11.3 Å². The molecule has 1 amide bonds. The number of Topliss-reactive ketones (excluding diaryl/α,β-unsaturated/α-hetero) is 1. The van der Waals surface area contributed by atoms with Gasteiger partial charge >= 0.3 is 6.09 Å². The summed E-state index contributed by atoms with van der Waals surface area (Å²) in [6.45, 7) is 6.88. The molecule has 1 unspecified atom stereocenters. The number of fused-ring (bicyclic) bond motifs is 1. The molecule has 2 rings (SSSR count). The Labute approximate surface area is 89.3 Å². The first-order valence-electron chi connectivity index (χ1n) is 5.34. The summed E-state index contributed by atoms with van der Waals surface area (Å²) >= 11 is 0. The van der Waals surface area contributed by atoms with Crippen LogP contribution in [0.5, 0.6) is 0 Å². The van der Waals surface area contributed by atoms with Gasteiger partial charge in [-0.05, 0) is 11.8 Å². The van der Waals surface area contributed by atoms with Gasteiger partial charge in [-0.2, -0.15) is 0 Å². The van der Waals surface area contributed by atoms with Gasteiger partial charge in [0.05, 0.1) is 0 Å². The molecule has 0 aromatic heterocycles. The zero-order valence-corrected chi connectivity index (χ0v) is 9.36. The average Bonchev–Trinajstić information content (AvgIpc) is 2.55. The molecule has 2 aliphatic rings. The Morgan fingerprint density at radius 1 is 1.20 bits per heavy atom. The van der Waals surface area contributed by atoms with Gasteiger partial charge in [0.25, 0.3) is 0 Å². The van der Waals surface area contributed by atoms with E-state index in [9.17, 15) is 9.59 Å². The second kappa shape index (κ2) is 2.97. The minimum Gasteiger partial charge on any atom is -0.465 e. The lowest BCUT2D eigenvalue weighted by Gasteiger charge is -2.20. The van der Waals surface area contributed by atoms with Crippen molar-refractivity contribution in [3.05, 3.63) is 0 Å². The fourth-order valence-corrected chi connectivity index (χ4v) is 2.57. The third-order valence-electron chi connectivity index (χ3n) is 3.51. The molecule has 1 aliphatic carbocycles. The molecule has 0 radical (unpaired) electrons. The molecule has 0 aromatic carbocycles. The molecule has 2 fully saturated rings. The molecule has 1 saturated carbocycles. The Bertz CT molecular complexity index is 306. The fourth-order valence-electron chi connectivity index (χ4n) is 2.57. The molecule has 0 bridgehead atoms. The highest BCUT2D eigenvalue weighted by Gasteiger charge is 2.61. The van der Waals surface area contributed by atoms with E-state index in [0.29, 0.717) is 30.7 Å². The van der Waals surface area contributed by atoms with Crippen LogP contribution in [0.3, 0.4) is 0 Å². The zero-order chi connectivity index (χ0) is 11.4. The second-order valence-electron chi connectivity index (χ2n) is 5.66. The number of hydrogen-bond donors (Lipinski definition) is 1. The molecule has 4 heteroatoms. The summed E-state index contributed by atoms with van der Waals surface area (Å²) in [5.41, 5.74) is -0.289. The fraction of sp³-hybridized carbons (Fsp3) is 0.818. The smallest absolute Gasteiger partial charge is 0.407 e. The number of hydrogen-bond acceptors (Lipinski definition) is 2. The van der Waals surface area contributed by atoms with Gasteiger partial charge in [-0.3, -0.25) is 4.79 Å². The monoisotopic (exact) mass is 211 g/mol.